The minimum Gasteiger partial charge on any atom is -0.339 e. The number of hydrogen-bond acceptors (Lipinski definition) is 2. The van der Waals surface area contributed by atoms with Gasteiger partial charge < -0.3 is 9.47 Å². The van der Waals surface area contributed by atoms with Crippen LogP contribution in [0.25, 0.3) is 10.9 Å². The Bertz CT molecular complexity index is 927. The molecular formula is C19H18FN3O. The van der Waals surface area contributed by atoms with Crippen molar-refractivity contribution in [1.29, 1.82) is 0 Å². The molecule has 0 N–H and O–H groups in total. The summed E-state index contributed by atoms with van der Waals surface area (Å²) < 4.78 is 15.4. The maximum Gasteiger partial charge on any atom is 0.270 e. The van der Waals surface area contributed by atoms with Crippen LogP contribution in [0, 0.1) is 12.7 Å². The molecule has 2 aromatic heterocycles. The highest BCUT2D eigenvalue weighted by molar-refractivity contribution is 6.02. The number of pyridine rings is 1. The lowest BCUT2D eigenvalue weighted by Crippen LogP contribution is -2.49. The topological polar surface area (TPSA) is 38.1 Å². The van der Waals surface area contributed by atoms with Crippen molar-refractivity contribution < 1.29 is 9.18 Å². The van der Waals surface area contributed by atoms with Crippen LogP contribution >= 0.6 is 0 Å². The lowest BCUT2D eigenvalue weighted by atomic mass is 9.95. The Hall–Kier alpha value is -2.69. The van der Waals surface area contributed by atoms with E-state index in [4.69, 9.17) is 0 Å². The summed E-state index contributed by atoms with van der Waals surface area (Å²) in [5.74, 6) is 0.00994. The number of hydrogen-bond donors (Lipinski definition) is 0. The van der Waals surface area contributed by atoms with Crippen LogP contribution in [0.3, 0.4) is 0 Å². The molecule has 4 nitrogen and oxygen atoms in total. The van der Waals surface area contributed by atoms with E-state index >= 15 is 0 Å². The minimum atomic E-state index is -0.283. The molecule has 1 amide bonds. The highest BCUT2D eigenvalue weighted by Gasteiger charge is 2.35. The van der Waals surface area contributed by atoms with E-state index in [1.807, 2.05) is 41.6 Å². The van der Waals surface area contributed by atoms with Gasteiger partial charge in [-0.15, -0.1) is 0 Å². The SMILES string of the molecule is Cc1c(C(=O)N2CC(c3ccccn3)C2)n(C)c2ccc(F)cc12. The molecule has 3 aromatic rings. The molecule has 1 fully saturated rings. The number of rotatable bonds is 2. The number of likely N-dealkylation sites (tertiary alicyclic amines) is 1. The first-order chi connectivity index (χ1) is 11.6. The second kappa shape index (κ2) is 5.44. The number of halogens is 1. The van der Waals surface area contributed by atoms with Gasteiger partial charge in [-0.25, -0.2) is 4.39 Å². The molecule has 1 saturated heterocycles. The third-order valence-electron chi connectivity index (χ3n) is 4.89. The Balaban J connectivity index is 1.61. The van der Waals surface area contributed by atoms with Crippen LogP contribution in [-0.4, -0.2) is 33.4 Å². The Kier molecular flexibility index (Phi) is 3.37. The Labute approximate surface area is 139 Å². The lowest BCUT2D eigenvalue weighted by Gasteiger charge is -2.39. The fourth-order valence-corrected chi connectivity index (χ4v) is 3.50. The summed E-state index contributed by atoms with van der Waals surface area (Å²) >= 11 is 0. The summed E-state index contributed by atoms with van der Waals surface area (Å²) in [5, 5.41) is 0.794. The van der Waals surface area contributed by atoms with Crippen molar-refractivity contribution in [3.63, 3.8) is 0 Å². The molecule has 1 aromatic carbocycles. The van der Waals surface area contributed by atoms with Crippen LogP contribution in [-0.2, 0) is 7.05 Å². The molecule has 122 valence electrons. The molecule has 0 spiro atoms. The van der Waals surface area contributed by atoms with Gasteiger partial charge in [0.05, 0.1) is 0 Å². The van der Waals surface area contributed by atoms with E-state index in [0.29, 0.717) is 24.7 Å². The number of fused-ring (bicyclic) bond motifs is 1. The average molecular weight is 323 g/mol. The molecule has 0 unspecified atom stereocenters. The number of amides is 1. The Morgan fingerprint density at radius 2 is 2.04 bits per heavy atom. The molecular weight excluding hydrogens is 305 g/mol. The third-order valence-corrected chi connectivity index (χ3v) is 4.89. The first kappa shape index (κ1) is 14.9. The summed E-state index contributed by atoms with van der Waals surface area (Å²) in [6.07, 6.45) is 1.78. The van der Waals surface area contributed by atoms with E-state index in [9.17, 15) is 9.18 Å². The van der Waals surface area contributed by atoms with Crippen molar-refractivity contribution in [2.75, 3.05) is 13.1 Å². The number of benzene rings is 1. The van der Waals surface area contributed by atoms with Gasteiger partial charge in [-0.1, -0.05) is 6.07 Å². The Morgan fingerprint density at radius 3 is 2.75 bits per heavy atom. The smallest absolute Gasteiger partial charge is 0.270 e. The molecule has 4 rings (SSSR count). The predicted octanol–water partition coefficient (Wildman–Crippen LogP) is 3.26. The zero-order chi connectivity index (χ0) is 16.8. The molecule has 3 heterocycles. The van der Waals surface area contributed by atoms with Crippen LogP contribution in [0.15, 0.2) is 42.6 Å². The van der Waals surface area contributed by atoms with E-state index in [0.717, 1.165) is 22.2 Å². The summed E-state index contributed by atoms with van der Waals surface area (Å²) in [5.41, 5.74) is 3.37. The van der Waals surface area contributed by atoms with Crippen LogP contribution in [0.1, 0.15) is 27.7 Å². The van der Waals surface area contributed by atoms with Crippen molar-refractivity contribution >= 4 is 16.8 Å². The van der Waals surface area contributed by atoms with Gasteiger partial charge in [0.25, 0.3) is 5.91 Å². The van der Waals surface area contributed by atoms with Crippen LogP contribution in [0.5, 0.6) is 0 Å². The van der Waals surface area contributed by atoms with E-state index in [1.165, 1.54) is 12.1 Å². The van der Waals surface area contributed by atoms with Crippen molar-refractivity contribution in [2.45, 2.75) is 12.8 Å². The van der Waals surface area contributed by atoms with Crippen molar-refractivity contribution in [3.05, 3.63) is 65.4 Å². The molecule has 0 aliphatic carbocycles. The second-order valence-electron chi connectivity index (χ2n) is 6.36. The van der Waals surface area contributed by atoms with Gasteiger partial charge in [0.15, 0.2) is 0 Å². The van der Waals surface area contributed by atoms with E-state index in [-0.39, 0.29) is 11.7 Å². The summed E-state index contributed by atoms with van der Waals surface area (Å²) in [4.78, 5) is 19.1. The van der Waals surface area contributed by atoms with Gasteiger partial charge in [0.2, 0.25) is 0 Å². The fourth-order valence-electron chi connectivity index (χ4n) is 3.50. The first-order valence-electron chi connectivity index (χ1n) is 8.01. The van der Waals surface area contributed by atoms with E-state index < -0.39 is 0 Å². The number of aryl methyl sites for hydroxylation is 2. The van der Waals surface area contributed by atoms with Gasteiger partial charge in [-0.2, -0.15) is 0 Å². The van der Waals surface area contributed by atoms with Crippen molar-refractivity contribution in [2.24, 2.45) is 7.05 Å². The van der Waals surface area contributed by atoms with Gasteiger partial charge in [0.1, 0.15) is 11.5 Å². The van der Waals surface area contributed by atoms with Crippen molar-refractivity contribution in [1.82, 2.24) is 14.5 Å². The monoisotopic (exact) mass is 323 g/mol. The molecule has 0 atom stereocenters. The van der Waals surface area contributed by atoms with Gasteiger partial charge >= 0.3 is 0 Å². The molecule has 0 radical (unpaired) electrons. The molecule has 5 heteroatoms. The zero-order valence-corrected chi connectivity index (χ0v) is 13.7. The normalized spacial score (nSPS) is 14.9. The number of carbonyl (C=O) groups excluding carboxylic acids is 1. The van der Waals surface area contributed by atoms with E-state index in [1.54, 1.807) is 12.3 Å². The van der Waals surface area contributed by atoms with E-state index in [2.05, 4.69) is 4.98 Å². The average Bonchev–Trinajstić information content (AvgIpc) is 2.78. The summed E-state index contributed by atoms with van der Waals surface area (Å²) in [7, 11) is 1.86. The van der Waals surface area contributed by atoms with Gasteiger partial charge in [-0.3, -0.25) is 9.78 Å². The fraction of sp³-hybridized carbons (Fsp3) is 0.263. The lowest BCUT2D eigenvalue weighted by molar-refractivity contribution is 0.0588. The highest BCUT2D eigenvalue weighted by Crippen LogP contribution is 2.31. The third kappa shape index (κ3) is 2.19. The standard InChI is InChI=1S/C19H18FN3O/c1-12-15-9-14(20)6-7-17(15)22(2)18(12)19(24)23-10-13(11-23)16-5-3-4-8-21-16/h3-9,13H,10-11H2,1-2H3. The molecule has 24 heavy (non-hydrogen) atoms. The number of carbonyl (C=O) groups is 1. The number of aromatic nitrogens is 2. The maximum absolute atomic E-state index is 13.5. The van der Waals surface area contributed by atoms with Crippen LogP contribution in [0.4, 0.5) is 4.39 Å². The van der Waals surface area contributed by atoms with Gasteiger partial charge in [0, 0.05) is 48.8 Å². The quantitative estimate of drug-likeness (QED) is 0.726. The molecule has 0 bridgehead atoms. The molecule has 0 saturated carbocycles. The molecule has 1 aliphatic rings. The van der Waals surface area contributed by atoms with Gasteiger partial charge in [-0.05, 0) is 42.8 Å². The molecule has 1 aliphatic heterocycles. The minimum absolute atomic E-state index is 0.00112. The largest absolute Gasteiger partial charge is 0.339 e. The van der Waals surface area contributed by atoms with Crippen molar-refractivity contribution in [3.8, 4) is 0 Å². The second-order valence-corrected chi connectivity index (χ2v) is 6.36. The highest BCUT2D eigenvalue weighted by atomic mass is 19.1. The zero-order valence-electron chi connectivity index (χ0n) is 13.7. The Morgan fingerprint density at radius 1 is 1.25 bits per heavy atom. The summed E-state index contributed by atoms with van der Waals surface area (Å²) in [6, 6.07) is 10.5. The van der Waals surface area contributed by atoms with Crippen LogP contribution in [0.2, 0.25) is 0 Å². The van der Waals surface area contributed by atoms with Crippen LogP contribution < -0.4 is 0 Å². The first-order valence-corrected chi connectivity index (χ1v) is 8.01. The predicted molar refractivity (Wildman–Crippen MR) is 90.5 cm³/mol. The number of nitrogens with zero attached hydrogens (tertiary/aromatic N) is 3. The summed E-state index contributed by atoms with van der Waals surface area (Å²) in [6.45, 7) is 3.22. The maximum atomic E-state index is 13.5.